The van der Waals surface area contributed by atoms with E-state index in [1.165, 1.54) is 19.2 Å². The third-order valence-electron chi connectivity index (χ3n) is 5.70. The Morgan fingerprint density at radius 2 is 2.00 bits per heavy atom. The molecule has 0 atom stereocenters. The molecule has 0 unspecified atom stereocenters. The highest BCUT2D eigenvalue weighted by molar-refractivity contribution is 6.31. The minimum Gasteiger partial charge on any atom is -0.496 e. The van der Waals surface area contributed by atoms with Crippen molar-refractivity contribution in [3.63, 3.8) is 0 Å². The molecule has 0 aliphatic carbocycles. The summed E-state index contributed by atoms with van der Waals surface area (Å²) in [5.41, 5.74) is 8.23. The van der Waals surface area contributed by atoms with Crippen LogP contribution in [-0.2, 0) is 6.54 Å². The van der Waals surface area contributed by atoms with E-state index in [0.717, 1.165) is 11.6 Å². The molecule has 0 saturated carbocycles. The van der Waals surface area contributed by atoms with Gasteiger partial charge >= 0.3 is 0 Å². The molecule has 0 aliphatic heterocycles. The van der Waals surface area contributed by atoms with Gasteiger partial charge < -0.3 is 15.8 Å². The van der Waals surface area contributed by atoms with E-state index in [4.69, 9.17) is 27.3 Å². The van der Waals surface area contributed by atoms with Crippen LogP contribution >= 0.6 is 11.6 Å². The highest BCUT2D eigenvalue weighted by Crippen LogP contribution is 2.28. The molecule has 0 radical (unpaired) electrons. The van der Waals surface area contributed by atoms with Gasteiger partial charge in [0.15, 0.2) is 0 Å². The summed E-state index contributed by atoms with van der Waals surface area (Å²) in [4.78, 5) is 29.1. The Morgan fingerprint density at radius 1 is 1.25 bits per heavy atom. The second-order valence-corrected chi connectivity index (χ2v) is 8.41. The first-order valence-corrected chi connectivity index (χ1v) is 11.0. The van der Waals surface area contributed by atoms with Crippen LogP contribution < -0.4 is 15.8 Å². The Bertz CT molecular complexity index is 1590. The van der Waals surface area contributed by atoms with Crippen LogP contribution in [0.4, 0.5) is 10.1 Å². The number of carbonyl (C=O) groups is 2. The van der Waals surface area contributed by atoms with Gasteiger partial charge in [-0.15, -0.1) is 0 Å². The van der Waals surface area contributed by atoms with E-state index in [-0.39, 0.29) is 27.2 Å². The van der Waals surface area contributed by atoms with Crippen LogP contribution in [0.1, 0.15) is 43.4 Å². The maximum Gasteiger partial charge on any atom is 0.267 e. The van der Waals surface area contributed by atoms with Crippen molar-refractivity contribution in [2.24, 2.45) is 5.73 Å². The summed E-state index contributed by atoms with van der Waals surface area (Å²) < 4.78 is 21.1. The van der Waals surface area contributed by atoms with Crippen LogP contribution in [0, 0.1) is 31.0 Å². The highest BCUT2D eigenvalue weighted by Gasteiger charge is 2.21. The first-order chi connectivity index (χ1) is 17.1. The molecular weight excluding hydrogens is 487 g/mol. The summed E-state index contributed by atoms with van der Waals surface area (Å²) in [7, 11) is 1.52. The predicted molar refractivity (Wildman–Crippen MR) is 132 cm³/mol. The summed E-state index contributed by atoms with van der Waals surface area (Å²) in [6.45, 7) is 3.86. The fourth-order valence-corrected chi connectivity index (χ4v) is 4.02. The van der Waals surface area contributed by atoms with Crippen LogP contribution in [0.15, 0.2) is 36.4 Å². The lowest BCUT2D eigenvalue weighted by Gasteiger charge is -2.12. The van der Waals surface area contributed by atoms with Crippen LogP contribution in [0.5, 0.6) is 5.75 Å². The number of ether oxygens (including phenoxy) is 1. The van der Waals surface area contributed by atoms with Crippen LogP contribution in [0.2, 0.25) is 5.02 Å². The van der Waals surface area contributed by atoms with Gasteiger partial charge in [-0.1, -0.05) is 17.7 Å². The summed E-state index contributed by atoms with van der Waals surface area (Å²) in [6, 6.07) is 10.7. The molecule has 2 heterocycles. The highest BCUT2D eigenvalue weighted by atomic mass is 35.5. The third kappa shape index (κ3) is 4.56. The molecule has 4 aromatic rings. The van der Waals surface area contributed by atoms with Crippen LogP contribution in [0.25, 0.3) is 10.9 Å². The Kier molecular flexibility index (Phi) is 6.59. The largest absolute Gasteiger partial charge is 0.496 e. The molecule has 9 nitrogen and oxygen atoms in total. The number of benzene rings is 2. The molecule has 0 saturated heterocycles. The Hall–Kier alpha value is -4.49. The number of methoxy groups -OCH3 is 1. The van der Waals surface area contributed by atoms with Gasteiger partial charge in [0.2, 0.25) is 0 Å². The lowest BCUT2D eigenvalue weighted by Crippen LogP contribution is -2.18. The minimum absolute atomic E-state index is 0.0519. The fraction of sp³-hybridized carbons (Fsp3) is 0.160. The molecule has 11 heteroatoms. The van der Waals surface area contributed by atoms with Gasteiger partial charge in [0.1, 0.15) is 17.3 Å². The number of nitriles is 1. The second kappa shape index (κ2) is 9.64. The van der Waals surface area contributed by atoms with Crippen LogP contribution in [0.3, 0.4) is 0 Å². The van der Waals surface area contributed by atoms with Crippen molar-refractivity contribution < 1.29 is 18.7 Å². The molecule has 3 N–H and O–H groups in total. The zero-order valence-electron chi connectivity index (χ0n) is 19.5. The van der Waals surface area contributed by atoms with E-state index >= 15 is 0 Å². The van der Waals surface area contributed by atoms with Gasteiger partial charge in [0.05, 0.1) is 58.5 Å². The number of rotatable bonds is 6. The van der Waals surface area contributed by atoms with Crippen molar-refractivity contribution in [1.29, 1.82) is 5.26 Å². The number of fused-ring (bicyclic) bond motifs is 1. The van der Waals surface area contributed by atoms with E-state index in [2.05, 4.69) is 21.5 Å². The normalized spacial score (nSPS) is 10.8. The molecule has 182 valence electrons. The second-order valence-electron chi connectivity index (χ2n) is 8.00. The molecule has 0 bridgehead atoms. The van der Waals surface area contributed by atoms with E-state index in [9.17, 15) is 14.0 Å². The van der Waals surface area contributed by atoms with Crippen LogP contribution in [-0.4, -0.2) is 33.7 Å². The topological polar surface area (TPSA) is 136 Å². The maximum atomic E-state index is 14.0. The fourth-order valence-electron chi connectivity index (χ4n) is 3.85. The molecule has 0 aliphatic rings. The SMILES string of the molecule is COc1cc(C#N)ccc1Cn1nc(C)c(NC(=O)c2cc(C(N)=O)nc3cc(F)c(Cl)cc23)c1C. The summed E-state index contributed by atoms with van der Waals surface area (Å²) >= 11 is 5.93. The van der Waals surface area contributed by atoms with Gasteiger partial charge in [0.25, 0.3) is 11.8 Å². The van der Waals surface area contributed by atoms with Crippen molar-refractivity contribution in [3.05, 3.63) is 81.0 Å². The molecule has 2 aromatic heterocycles. The van der Waals surface area contributed by atoms with Crippen molar-refractivity contribution in [3.8, 4) is 11.8 Å². The maximum absolute atomic E-state index is 14.0. The Balaban J connectivity index is 1.71. The van der Waals surface area contributed by atoms with Gasteiger partial charge in [-0.3, -0.25) is 14.3 Å². The van der Waals surface area contributed by atoms with Crippen molar-refractivity contribution in [1.82, 2.24) is 14.8 Å². The smallest absolute Gasteiger partial charge is 0.267 e. The number of amides is 2. The molecule has 2 amide bonds. The summed E-state index contributed by atoms with van der Waals surface area (Å²) in [5, 5.41) is 16.5. The minimum atomic E-state index is -0.863. The van der Waals surface area contributed by atoms with Crippen molar-refractivity contribution in [2.75, 3.05) is 12.4 Å². The van der Waals surface area contributed by atoms with E-state index in [1.807, 2.05) is 0 Å². The number of hydrogen-bond donors (Lipinski definition) is 2. The van der Waals surface area contributed by atoms with Gasteiger partial charge in [0, 0.05) is 17.0 Å². The molecule has 0 spiro atoms. The quantitative estimate of drug-likeness (QED) is 0.403. The zero-order chi connectivity index (χ0) is 26.1. The average molecular weight is 507 g/mol. The number of hydrogen-bond acceptors (Lipinski definition) is 6. The number of aromatic nitrogens is 3. The van der Waals surface area contributed by atoms with E-state index in [1.54, 1.807) is 36.7 Å². The van der Waals surface area contributed by atoms with Gasteiger partial charge in [-0.2, -0.15) is 10.4 Å². The molecule has 4 rings (SSSR count). The number of halogens is 2. The Labute approximate surface area is 210 Å². The number of anilines is 1. The van der Waals surface area contributed by atoms with Crippen molar-refractivity contribution >= 4 is 40.0 Å². The van der Waals surface area contributed by atoms with Gasteiger partial charge in [-0.25, -0.2) is 9.37 Å². The number of aryl methyl sites for hydroxylation is 1. The van der Waals surface area contributed by atoms with E-state index in [0.29, 0.717) is 34.9 Å². The number of carbonyl (C=O) groups excluding carboxylic acids is 2. The first-order valence-electron chi connectivity index (χ1n) is 10.6. The molecule has 0 fully saturated rings. The average Bonchev–Trinajstić information content (AvgIpc) is 3.11. The standard InChI is InChI=1S/C25H20ClFN6O3/c1-12-23(13(2)33(32-12)11-15-5-4-14(10-28)6-22(15)36-3)31-25(35)17-8-21(24(29)34)30-20-9-19(27)18(26)7-16(17)20/h4-9H,11H2,1-3H3,(H2,29,34)(H,31,35). The number of primary amides is 1. The summed E-state index contributed by atoms with van der Waals surface area (Å²) in [6.07, 6.45) is 0. The zero-order valence-corrected chi connectivity index (χ0v) is 20.3. The Morgan fingerprint density at radius 3 is 2.67 bits per heavy atom. The lowest BCUT2D eigenvalue weighted by atomic mass is 10.1. The van der Waals surface area contributed by atoms with Crippen molar-refractivity contribution in [2.45, 2.75) is 20.4 Å². The van der Waals surface area contributed by atoms with E-state index < -0.39 is 17.6 Å². The number of nitrogens with two attached hydrogens (primary N) is 1. The van der Waals surface area contributed by atoms with Gasteiger partial charge in [-0.05, 0) is 38.1 Å². The molecule has 36 heavy (non-hydrogen) atoms. The number of nitrogens with zero attached hydrogens (tertiary/aromatic N) is 4. The lowest BCUT2D eigenvalue weighted by molar-refractivity contribution is 0.0996. The summed E-state index contributed by atoms with van der Waals surface area (Å²) in [5.74, 6) is -1.64. The predicted octanol–water partition coefficient (Wildman–Crippen LogP) is 4.12. The first kappa shape index (κ1) is 24.6. The monoisotopic (exact) mass is 506 g/mol. The number of nitrogens with one attached hydrogen (secondary N) is 1. The molecule has 2 aromatic carbocycles. The molecular formula is C25H20ClFN6O3. The number of pyridine rings is 1. The third-order valence-corrected chi connectivity index (χ3v) is 5.99.